The van der Waals surface area contributed by atoms with Crippen molar-refractivity contribution in [2.75, 3.05) is 5.75 Å². The van der Waals surface area contributed by atoms with Gasteiger partial charge < -0.3 is 14.6 Å². The first-order valence-electron chi connectivity index (χ1n) is 15.3. The number of aliphatic hydroxyl groups excluding tert-OH is 1. The lowest BCUT2D eigenvalue weighted by Crippen LogP contribution is -2.38. The predicted molar refractivity (Wildman–Crippen MR) is 182 cm³/mol. The van der Waals surface area contributed by atoms with Crippen molar-refractivity contribution in [3.63, 3.8) is 0 Å². The van der Waals surface area contributed by atoms with E-state index in [4.69, 9.17) is 9.47 Å². The molecule has 1 heterocycles. The van der Waals surface area contributed by atoms with Crippen LogP contribution in [0.3, 0.4) is 0 Å². The number of ether oxygens (including phenoxy) is 2. The van der Waals surface area contributed by atoms with Crippen LogP contribution in [0.1, 0.15) is 41.6 Å². The summed E-state index contributed by atoms with van der Waals surface area (Å²) in [6.45, 7) is 2.33. The first-order chi connectivity index (χ1) is 22.4. The molecule has 0 aromatic heterocycles. The van der Waals surface area contributed by atoms with Crippen LogP contribution in [-0.4, -0.2) is 25.4 Å². The third-order valence-electron chi connectivity index (χ3n) is 8.30. The highest BCUT2D eigenvalue weighted by atomic mass is 32.2. The van der Waals surface area contributed by atoms with Crippen molar-refractivity contribution in [3.05, 3.63) is 156 Å². The predicted octanol–water partition coefficient (Wildman–Crippen LogP) is 7.91. The average molecular weight is 652 g/mol. The molecule has 2 N–H and O–H groups in total. The van der Waals surface area contributed by atoms with E-state index in [0.717, 1.165) is 39.1 Å². The van der Waals surface area contributed by atoms with Crippen LogP contribution < -0.4 is 4.72 Å². The summed E-state index contributed by atoms with van der Waals surface area (Å²) in [5.41, 5.74) is 5.61. The monoisotopic (exact) mass is 651 g/mol. The molecule has 0 amide bonds. The van der Waals surface area contributed by atoms with E-state index in [9.17, 15) is 13.5 Å². The number of sulfonamides is 1. The molecule has 0 aliphatic carbocycles. The van der Waals surface area contributed by atoms with E-state index in [1.165, 1.54) is 4.90 Å². The summed E-state index contributed by atoms with van der Waals surface area (Å²) in [7, 11) is -3.64. The van der Waals surface area contributed by atoms with E-state index in [1.54, 1.807) is 42.1 Å². The summed E-state index contributed by atoms with van der Waals surface area (Å²) in [4.78, 5) is 1.43. The molecule has 236 valence electrons. The van der Waals surface area contributed by atoms with Crippen molar-refractivity contribution in [1.82, 2.24) is 4.72 Å². The van der Waals surface area contributed by atoms with Gasteiger partial charge in [0.15, 0.2) is 6.29 Å². The van der Waals surface area contributed by atoms with Crippen LogP contribution in [0.5, 0.6) is 0 Å². The second-order valence-corrected chi connectivity index (χ2v) is 14.2. The van der Waals surface area contributed by atoms with Crippen LogP contribution in [0.2, 0.25) is 0 Å². The van der Waals surface area contributed by atoms with Gasteiger partial charge in [-0.2, -0.15) is 0 Å². The van der Waals surface area contributed by atoms with Crippen LogP contribution in [0, 0.1) is 5.92 Å². The molecule has 0 bridgehead atoms. The molecule has 5 aromatic carbocycles. The first kappa shape index (κ1) is 32.2. The Morgan fingerprint density at radius 3 is 2.07 bits per heavy atom. The maximum Gasteiger partial charge on any atom is 0.240 e. The maximum atomic E-state index is 12.9. The lowest BCUT2D eigenvalue weighted by Gasteiger charge is -2.41. The van der Waals surface area contributed by atoms with Gasteiger partial charge in [-0.05, 0) is 52.1 Å². The summed E-state index contributed by atoms with van der Waals surface area (Å²) in [5.74, 6) is 0.874. The Bertz CT molecular complexity index is 1820. The molecule has 0 spiro atoms. The van der Waals surface area contributed by atoms with E-state index in [1.807, 2.05) is 91.0 Å². The zero-order chi connectivity index (χ0) is 31.9. The summed E-state index contributed by atoms with van der Waals surface area (Å²) >= 11 is 1.77. The minimum Gasteiger partial charge on any atom is -0.392 e. The van der Waals surface area contributed by atoms with Gasteiger partial charge in [0.25, 0.3) is 0 Å². The highest BCUT2D eigenvalue weighted by Gasteiger charge is 2.38. The second kappa shape index (κ2) is 14.8. The standard InChI is InChI=1S/C38H37NO5S2/c1-27-36(26-45-33-11-4-2-5-12-33)43-38(44-37(27)30-18-16-28(25-40)17-19-30)31-22-20-29(21-23-31)35-15-9-8-10-32(35)24-39-46(41,42)34-13-6-3-7-14-34/h2-23,27,36-40H,24-26H2,1H3. The van der Waals surface area contributed by atoms with Gasteiger partial charge in [-0.15, -0.1) is 11.8 Å². The van der Waals surface area contributed by atoms with Crippen molar-refractivity contribution >= 4 is 21.8 Å². The number of benzene rings is 5. The lowest BCUT2D eigenvalue weighted by atomic mass is 9.91. The Balaban J connectivity index is 1.22. The minimum absolute atomic E-state index is 0.00217. The Kier molecular flexibility index (Phi) is 10.3. The van der Waals surface area contributed by atoms with Crippen LogP contribution in [0.15, 0.2) is 143 Å². The molecular weight excluding hydrogens is 615 g/mol. The van der Waals surface area contributed by atoms with Gasteiger partial charge in [0.1, 0.15) is 0 Å². The zero-order valence-corrected chi connectivity index (χ0v) is 27.2. The largest absolute Gasteiger partial charge is 0.392 e. The molecule has 4 atom stereocenters. The summed E-state index contributed by atoms with van der Waals surface area (Å²) in [6.07, 6.45) is -0.822. The zero-order valence-electron chi connectivity index (χ0n) is 25.5. The van der Waals surface area contributed by atoms with Gasteiger partial charge in [-0.25, -0.2) is 13.1 Å². The third-order valence-corrected chi connectivity index (χ3v) is 10.8. The molecule has 1 saturated heterocycles. The average Bonchev–Trinajstić information content (AvgIpc) is 3.11. The topological polar surface area (TPSA) is 84.9 Å². The molecule has 6 rings (SSSR count). The molecule has 46 heavy (non-hydrogen) atoms. The quantitative estimate of drug-likeness (QED) is 0.141. The SMILES string of the molecule is CC1C(CSc2ccccc2)OC(c2ccc(-c3ccccc3CNS(=O)(=O)c3ccccc3)cc2)OC1c1ccc(CO)cc1. The van der Waals surface area contributed by atoms with Crippen molar-refractivity contribution in [2.24, 2.45) is 5.92 Å². The fourth-order valence-corrected chi connectivity index (χ4v) is 7.75. The number of thioether (sulfide) groups is 1. The molecule has 8 heteroatoms. The van der Waals surface area contributed by atoms with Crippen molar-refractivity contribution in [2.45, 2.75) is 48.4 Å². The Morgan fingerprint density at radius 2 is 1.37 bits per heavy atom. The number of rotatable bonds is 11. The van der Waals surface area contributed by atoms with Crippen LogP contribution in [0.4, 0.5) is 0 Å². The Hall–Kier alpha value is -3.76. The minimum atomic E-state index is -3.64. The molecule has 5 aromatic rings. The van der Waals surface area contributed by atoms with E-state index >= 15 is 0 Å². The summed E-state index contributed by atoms with van der Waals surface area (Å²) in [5, 5.41) is 9.55. The molecule has 4 unspecified atom stereocenters. The summed E-state index contributed by atoms with van der Waals surface area (Å²) < 4.78 is 41.7. The van der Waals surface area contributed by atoms with Crippen molar-refractivity contribution < 1.29 is 23.0 Å². The van der Waals surface area contributed by atoms with Gasteiger partial charge in [0.05, 0.1) is 23.7 Å². The fourth-order valence-electron chi connectivity index (χ4n) is 5.64. The normalized spacial score (nSPS) is 20.0. The lowest BCUT2D eigenvalue weighted by molar-refractivity contribution is -0.268. The van der Waals surface area contributed by atoms with Gasteiger partial charge in [0.2, 0.25) is 10.0 Å². The third kappa shape index (κ3) is 7.61. The van der Waals surface area contributed by atoms with Crippen molar-refractivity contribution in [3.8, 4) is 11.1 Å². The number of nitrogens with one attached hydrogen (secondary N) is 1. The molecule has 1 aliphatic heterocycles. The first-order valence-corrected chi connectivity index (χ1v) is 17.8. The highest BCUT2D eigenvalue weighted by Crippen LogP contribution is 2.43. The molecule has 0 saturated carbocycles. The maximum absolute atomic E-state index is 12.9. The van der Waals surface area contributed by atoms with Gasteiger partial charge >= 0.3 is 0 Å². The number of hydrogen-bond acceptors (Lipinski definition) is 6. The smallest absolute Gasteiger partial charge is 0.240 e. The molecular formula is C38H37NO5S2. The fraction of sp³-hybridized carbons (Fsp3) is 0.211. The number of aliphatic hydroxyl groups is 1. The molecule has 1 fully saturated rings. The van der Waals surface area contributed by atoms with Crippen molar-refractivity contribution in [1.29, 1.82) is 0 Å². The molecule has 0 radical (unpaired) electrons. The van der Waals surface area contributed by atoms with Crippen LogP contribution >= 0.6 is 11.8 Å². The van der Waals surface area contributed by atoms with Gasteiger partial charge in [0, 0.05) is 28.7 Å². The van der Waals surface area contributed by atoms with Gasteiger partial charge in [-0.3, -0.25) is 0 Å². The second-order valence-electron chi connectivity index (χ2n) is 11.4. The highest BCUT2D eigenvalue weighted by molar-refractivity contribution is 7.99. The number of hydrogen-bond donors (Lipinski definition) is 2. The van der Waals surface area contributed by atoms with E-state index in [2.05, 4.69) is 23.8 Å². The molecule has 1 aliphatic rings. The van der Waals surface area contributed by atoms with Crippen LogP contribution in [0.25, 0.3) is 11.1 Å². The molecule has 6 nitrogen and oxygen atoms in total. The van der Waals surface area contributed by atoms with E-state index in [0.29, 0.717) is 0 Å². The Labute approximate surface area is 275 Å². The Morgan fingerprint density at radius 1 is 0.739 bits per heavy atom. The van der Waals surface area contributed by atoms with Crippen LogP contribution in [-0.2, 0) is 32.6 Å². The van der Waals surface area contributed by atoms with Gasteiger partial charge in [-0.1, -0.05) is 116 Å². The van der Waals surface area contributed by atoms with E-state index < -0.39 is 16.3 Å². The summed E-state index contributed by atoms with van der Waals surface area (Å²) in [6, 6.07) is 42.6. The van der Waals surface area contributed by atoms with E-state index in [-0.39, 0.29) is 36.2 Å².